The Morgan fingerprint density at radius 1 is 0.857 bits per heavy atom. The molecule has 6 nitrogen and oxygen atoms in total. The molecule has 0 saturated heterocycles. The van der Waals surface area contributed by atoms with Crippen molar-refractivity contribution in [3.8, 4) is 22.9 Å². The Kier molecular flexibility index (Phi) is 4.93. The number of fused-ring (bicyclic) bond motifs is 1. The SMILES string of the molecule is COc1ncccc1-c1cc2c(nc1OC)nc(CCc1ccccc1)n2C. The van der Waals surface area contributed by atoms with Gasteiger partial charge in [0.05, 0.1) is 25.3 Å². The predicted octanol–water partition coefficient (Wildman–Crippen LogP) is 3.83. The smallest absolute Gasteiger partial charge is 0.223 e. The van der Waals surface area contributed by atoms with Crippen LogP contribution in [0.5, 0.6) is 11.8 Å². The van der Waals surface area contributed by atoms with E-state index in [1.807, 2.05) is 31.3 Å². The van der Waals surface area contributed by atoms with Crippen LogP contribution in [0.25, 0.3) is 22.3 Å². The molecule has 0 fully saturated rings. The van der Waals surface area contributed by atoms with Crippen LogP contribution in [0.3, 0.4) is 0 Å². The second-order valence-electron chi connectivity index (χ2n) is 6.52. The van der Waals surface area contributed by atoms with Crippen molar-refractivity contribution in [2.75, 3.05) is 14.2 Å². The lowest BCUT2D eigenvalue weighted by Gasteiger charge is -2.11. The van der Waals surface area contributed by atoms with Crippen LogP contribution in [0.2, 0.25) is 0 Å². The molecule has 6 heteroatoms. The number of hydrogen-bond acceptors (Lipinski definition) is 5. The predicted molar refractivity (Wildman–Crippen MR) is 109 cm³/mol. The standard InChI is InChI=1S/C22H22N4O2/c1-26-18-14-17(16-10-7-13-23-21(16)27-2)22(28-3)25-20(18)24-19(26)12-11-15-8-5-4-6-9-15/h4-10,13-14H,11-12H2,1-3H3. The van der Waals surface area contributed by atoms with Crippen LogP contribution in [-0.2, 0) is 19.9 Å². The molecule has 0 aliphatic heterocycles. The van der Waals surface area contributed by atoms with E-state index in [0.717, 1.165) is 35.3 Å². The molecular formula is C22H22N4O2. The summed E-state index contributed by atoms with van der Waals surface area (Å²) in [6.07, 6.45) is 3.47. The summed E-state index contributed by atoms with van der Waals surface area (Å²) in [7, 11) is 5.24. The van der Waals surface area contributed by atoms with E-state index in [2.05, 4.69) is 38.8 Å². The van der Waals surface area contributed by atoms with Gasteiger partial charge in [0.2, 0.25) is 11.8 Å². The zero-order valence-electron chi connectivity index (χ0n) is 16.2. The highest BCUT2D eigenvalue weighted by molar-refractivity contribution is 5.84. The zero-order valence-corrected chi connectivity index (χ0v) is 16.2. The van der Waals surface area contributed by atoms with E-state index in [4.69, 9.17) is 14.5 Å². The van der Waals surface area contributed by atoms with Gasteiger partial charge < -0.3 is 14.0 Å². The molecule has 1 aromatic carbocycles. The van der Waals surface area contributed by atoms with Gasteiger partial charge in [-0.2, -0.15) is 4.98 Å². The molecule has 142 valence electrons. The molecule has 0 saturated carbocycles. The number of nitrogens with zero attached hydrogens (tertiary/aromatic N) is 4. The highest BCUT2D eigenvalue weighted by Crippen LogP contribution is 2.36. The second-order valence-corrected chi connectivity index (χ2v) is 6.52. The van der Waals surface area contributed by atoms with Gasteiger partial charge in [-0.15, -0.1) is 0 Å². The van der Waals surface area contributed by atoms with Crippen molar-refractivity contribution >= 4 is 11.2 Å². The van der Waals surface area contributed by atoms with E-state index in [0.29, 0.717) is 17.4 Å². The first-order valence-electron chi connectivity index (χ1n) is 9.15. The Morgan fingerprint density at radius 2 is 1.64 bits per heavy atom. The molecule has 3 aromatic heterocycles. The topological polar surface area (TPSA) is 62.1 Å². The third kappa shape index (κ3) is 3.29. The monoisotopic (exact) mass is 374 g/mol. The molecule has 0 bridgehead atoms. The molecule has 0 N–H and O–H groups in total. The molecule has 0 amide bonds. The third-order valence-electron chi connectivity index (χ3n) is 4.86. The van der Waals surface area contributed by atoms with Crippen LogP contribution in [-0.4, -0.2) is 33.7 Å². The molecule has 4 aromatic rings. The van der Waals surface area contributed by atoms with Crippen LogP contribution in [0.4, 0.5) is 0 Å². The Hall–Kier alpha value is -3.41. The number of benzene rings is 1. The van der Waals surface area contributed by atoms with Gasteiger partial charge in [-0.1, -0.05) is 30.3 Å². The summed E-state index contributed by atoms with van der Waals surface area (Å²) in [6.45, 7) is 0. The Morgan fingerprint density at radius 3 is 2.39 bits per heavy atom. The summed E-state index contributed by atoms with van der Waals surface area (Å²) in [5.74, 6) is 2.03. The first-order chi connectivity index (χ1) is 13.7. The van der Waals surface area contributed by atoms with Gasteiger partial charge in [-0.3, -0.25) is 0 Å². The van der Waals surface area contributed by atoms with Crippen LogP contribution in [0.1, 0.15) is 11.4 Å². The largest absolute Gasteiger partial charge is 0.481 e. The zero-order chi connectivity index (χ0) is 19.5. The maximum absolute atomic E-state index is 5.54. The molecule has 0 aliphatic rings. The van der Waals surface area contributed by atoms with E-state index in [1.54, 1.807) is 20.4 Å². The van der Waals surface area contributed by atoms with Crippen molar-refractivity contribution in [1.82, 2.24) is 19.5 Å². The number of hydrogen-bond donors (Lipinski definition) is 0. The summed E-state index contributed by atoms with van der Waals surface area (Å²) in [6, 6.07) is 16.3. The highest BCUT2D eigenvalue weighted by Gasteiger charge is 2.18. The van der Waals surface area contributed by atoms with Crippen LogP contribution in [0, 0.1) is 0 Å². The van der Waals surface area contributed by atoms with Gasteiger partial charge in [0.15, 0.2) is 5.65 Å². The second kappa shape index (κ2) is 7.68. The fourth-order valence-corrected chi connectivity index (χ4v) is 3.37. The molecule has 0 atom stereocenters. The van der Waals surface area contributed by atoms with E-state index in [-0.39, 0.29) is 0 Å². The molecule has 28 heavy (non-hydrogen) atoms. The van der Waals surface area contributed by atoms with Gasteiger partial charge in [-0.05, 0) is 30.2 Å². The quantitative estimate of drug-likeness (QED) is 0.513. The Balaban J connectivity index is 1.76. The average molecular weight is 374 g/mol. The number of imidazole rings is 1. The maximum Gasteiger partial charge on any atom is 0.223 e. The molecule has 0 spiro atoms. The summed E-state index contributed by atoms with van der Waals surface area (Å²) in [5.41, 5.74) is 4.58. The van der Waals surface area contributed by atoms with Gasteiger partial charge in [-0.25, -0.2) is 9.97 Å². The van der Waals surface area contributed by atoms with E-state index >= 15 is 0 Å². The molecule has 0 radical (unpaired) electrons. The number of ether oxygens (including phenoxy) is 2. The number of methoxy groups -OCH3 is 2. The van der Waals surface area contributed by atoms with Crippen molar-refractivity contribution in [1.29, 1.82) is 0 Å². The summed E-state index contributed by atoms with van der Waals surface area (Å²) < 4.78 is 13.1. The van der Waals surface area contributed by atoms with Crippen LogP contribution in [0.15, 0.2) is 54.7 Å². The number of pyridine rings is 2. The fraction of sp³-hybridized carbons (Fsp3) is 0.227. The normalized spacial score (nSPS) is 11.0. The van der Waals surface area contributed by atoms with Crippen LogP contribution >= 0.6 is 0 Å². The van der Waals surface area contributed by atoms with Gasteiger partial charge in [0, 0.05) is 25.2 Å². The molecule has 4 rings (SSSR count). The van der Waals surface area contributed by atoms with E-state index in [1.165, 1.54) is 5.56 Å². The Bertz CT molecular complexity index is 1110. The van der Waals surface area contributed by atoms with Crippen molar-refractivity contribution in [2.24, 2.45) is 7.05 Å². The van der Waals surface area contributed by atoms with Crippen molar-refractivity contribution in [3.05, 3.63) is 66.1 Å². The molecule has 0 aliphatic carbocycles. The lowest BCUT2D eigenvalue weighted by molar-refractivity contribution is 0.393. The lowest BCUT2D eigenvalue weighted by Crippen LogP contribution is -2.00. The molecule has 3 heterocycles. The molecule has 0 unspecified atom stereocenters. The van der Waals surface area contributed by atoms with Crippen molar-refractivity contribution < 1.29 is 9.47 Å². The highest BCUT2D eigenvalue weighted by atomic mass is 16.5. The minimum Gasteiger partial charge on any atom is -0.481 e. The number of aryl methyl sites for hydroxylation is 3. The van der Waals surface area contributed by atoms with Gasteiger partial charge in [0.1, 0.15) is 5.82 Å². The third-order valence-corrected chi connectivity index (χ3v) is 4.86. The number of rotatable bonds is 6. The molecular weight excluding hydrogens is 352 g/mol. The number of aromatic nitrogens is 4. The minimum absolute atomic E-state index is 0.506. The first kappa shape index (κ1) is 18.0. The summed E-state index contributed by atoms with van der Waals surface area (Å²) in [5, 5.41) is 0. The fourth-order valence-electron chi connectivity index (χ4n) is 3.37. The van der Waals surface area contributed by atoms with Crippen molar-refractivity contribution in [3.63, 3.8) is 0 Å². The van der Waals surface area contributed by atoms with E-state index in [9.17, 15) is 0 Å². The van der Waals surface area contributed by atoms with Crippen molar-refractivity contribution in [2.45, 2.75) is 12.8 Å². The lowest BCUT2D eigenvalue weighted by atomic mass is 10.1. The summed E-state index contributed by atoms with van der Waals surface area (Å²) >= 11 is 0. The average Bonchev–Trinajstić information content (AvgIpc) is 3.06. The van der Waals surface area contributed by atoms with Gasteiger partial charge >= 0.3 is 0 Å². The van der Waals surface area contributed by atoms with E-state index < -0.39 is 0 Å². The van der Waals surface area contributed by atoms with Crippen LogP contribution < -0.4 is 9.47 Å². The Labute approximate surface area is 163 Å². The minimum atomic E-state index is 0.506. The summed E-state index contributed by atoms with van der Waals surface area (Å²) in [4.78, 5) is 13.7. The maximum atomic E-state index is 5.54. The first-order valence-corrected chi connectivity index (χ1v) is 9.15. The van der Waals surface area contributed by atoms with Gasteiger partial charge in [0.25, 0.3) is 0 Å².